The Hall–Kier alpha value is -1.00. The molecule has 1 aromatic rings. The van der Waals surface area contributed by atoms with Crippen molar-refractivity contribution < 1.29 is 0 Å². The fraction of sp³-hybridized carbons (Fsp3) is 0.529. The largest absolute Gasteiger partial charge is 0.120 e. The summed E-state index contributed by atoms with van der Waals surface area (Å²) in [6.45, 7) is 9.13. The summed E-state index contributed by atoms with van der Waals surface area (Å²) in [6.07, 6.45) is 8.06. The minimum Gasteiger partial charge on any atom is -0.120 e. The lowest BCUT2D eigenvalue weighted by Crippen LogP contribution is -2.26. The lowest BCUT2D eigenvalue weighted by atomic mass is 9.79. The van der Waals surface area contributed by atoms with E-state index in [1.807, 2.05) is 0 Å². The minimum atomic E-state index is -0.384. The molecule has 0 N–H and O–H groups in total. The van der Waals surface area contributed by atoms with Gasteiger partial charge in [-0.3, -0.25) is 0 Å². The SMILES string of the molecule is C#CC(CCC[Si](C)c1ccccc1)C(C)(C)C. The molecule has 1 rings (SSSR count). The van der Waals surface area contributed by atoms with Gasteiger partial charge in [0.25, 0.3) is 0 Å². The van der Waals surface area contributed by atoms with Gasteiger partial charge in [0.05, 0.1) is 8.80 Å². The molecule has 0 aromatic heterocycles. The van der Waals surface area contributed by atoms with Gasteiger partial charge >= 0.3 is 0 Å². The molecule has 0 bridgehead atoms. The number of hydrogen-bond acceptors (Lipinski definition) is 0. The quantitative estimate of drug-likeness (QED) is 0.550. The van der Waals surface area contributed by atoms with Crippen LogP contribution in [0.4, 0.5) is 0 Å². The van der Waals surface area contributed by atoms with Crippen molar-refractivity contribution in [2.24, 2.45) is 11.3 Å². The standard InChI is InChI=1S/C17H25Si/c1-6-15(17(2,3)4)11-10-14-18(5)16-12-8-7-9-13-16/h1,7-9,12-13,15H,10-11,14H2,2-5H3. The van der Waals surface area contributed by atoms with Crippen molar-refractivity contribution in [3.63, 3.8) is 0 Å². The van der Waals surface area contributed by atoms with Crippen LogP contribution in [0.5, 0.6) is 0 Å². The van der Waals surface area contributed by atoms with Gasteiger partial charge in [-0.25, -0.2) is 0 Å². The zero-order valence-corrected chi connectivity index (χ0v) is 13.2. The Morgan fingerprint density at radius 3 is 2.33 bits per heavy atom. The van der Waals surface area contributed by atoms with Crippen LogP contribution in [0.3, 0.4) is 0 Å². The average Bonchev–Trinajstić information content (AvgIpc) is 2.34. The third kappa shape index (κ3) is 4.70. The molecule has 97 valence electrons. The first kappa shape index (κ1) is 15.1. The first-order valence-corrected chi connectivity index (χ1v) is 9.00. The van der Waals surface area contributed by atoms with E-state index in [0.29, 0.717) is 5.92 Å². The van der Waals surface area contributed by atoms with Gasteiger partial charge < -0.3 is 0 Å². The van der Waals surface area contributed by atoms with Crippen LogP contribution < -0.4 is 5.19 Å². The van der Waals surface area contributed by atoms with Crippen LogP contribution in [-0.2, 0) is 0 Å². The molecule has 0 aliphatic heterocycles. The van der Waals surface area contributed by atoms with Gasteiger partial charge in [-0.15, -0.1) is 12.3 Å². The summed E-state index contributed by atoms with van der Waals surface area (Å²) in [5, 5.41) is 1.54. The van der Waals surface area contributed by atoms with E-state index in [-0.39, 0.29) is 14.2 Å². The molecule has 0 saturated heterocycles. The van der Waals surface area contributed by atoms with Crippen LogP contribution in [0.2, 0.25) is 12.6 Å². The molecule has 0 aliphatic carbocycles. The monoisotopic (exact) mass is 257 g/mol. The van der Waals surface area contributed by atoms with Gasteiger partial charge in [-0.2, -0.15) is 0 Å². The lowest BCUT2D eigenvalue weighted by molar-refractivity contribution is 0.286. The summed E-state index contributed by atoms with van der Waals surface area (Å²) in [4.78, 5) is 0. The number of hydrogen-bond donors (Lipinski definition) is 0. The summed E-state index contributed by atoms with van der Waals surface area (Å²) < 4.78 is 0. The van der Waals surface area contributed by atoms with Gasteiger partial charge in [0, 0.05) is 5.92 Å². The highest BCUT2D eigenvalue weighted by molar-refractivity contribution is 6.71. The maximum absolute atomic E-state index is 5.65. The van der Waals surface area contributed by atoms with Gasteiger partial charge in [0.1, 0.15) is 0 Å². The summed E-state index contributed by atoms with van der Waals surface area (Å²) in [6, 6.07) is 12.2. The minimum absolute atomic E-state index is 0.238. The molecule has 1 atom stereocenters. The lowest BCUT2D eigenvalue weighted by Gasteiger charge is -2.26. The van der Waals surface area contributed by atoms with Crippen molar-refractivity contribution in [3.05, 3.63) is 30.3 Å². The van der Waals surface area contributed by atoms with E-state index < -0.39 is 0 Å². The summed E-state index contributed by atoms with van der Waals surface area (Å²) >= 11 is 0. The number of benzene rings is 1. The normalized spacial score (nSPS) is 13.3. The Balaban J connectivity index is 2.41. The first-order chi connectivity index (χ1) is 8.45. The van der Waals surface area contributed by atoms with Crippen molar-refractivity contribution in [1.29, 1.82) is 0 Å². The Bertz CT molecular complexity index is 380. The second-order valence-corrected chi connectivity index (χ2v) is 8.76. The Labute approximate surface area is 114 Å². The zero-order valence-electron chi connectivity index (χ0n) is 12.2. The molecule has 0 heterocycles. The third-order valence-corrected chi connectivity index (χ3v) is 5.98. The van der Waals surface area contributed by atoms with Crippen molar-refractivity contribution >= 4 is 14.0 Å². The van der Waals surface area contributed by atoms with Crippen LogP contribution in [0.15, 0.2) is 30.3 Å². The molecule has 0 aliphatic rings. The fourth-order valence-corrected chi connectivity index (χ4v) is 3.99. The Morgan fingerprint density at radius 2 is 1.83 bits per heavy atom. The molecule has 0 saturated carbocycles. The second kappa shape index (κ2) is 6.80. The molecule has 18 heavy (non-hydrogen) atoms. The van der Waals surface area contributed by atoms with E-state index >= 15 is 0 Å². The maximum atomic E-state index is 5.65. The van der Waals surface area contributed by atoms with Crippen LogP contribution in [0.25, 0.3) is 0 Å². The molecule has 0 fully saturated rings. The molecule has 1 unspecified atom stereocenters. The predicted molar refractivity (Wildman–Crippen MR) is 83.5 cm³/mol. The van der Waals surface area contributed by atoms with Gasteiger partial charge in [-0.05, 0) is 11.8 Å². The van der Waals surface area contributed by atoms with Crippen LogP contribution in [0, 0.1) is 23.7 Å². The third-order valence-electron chi connectivity index (χ3n) is 3.56. The Kier molecular flexibility index (Phi) is 5.69. The number of terminal acetylenes is 1. The van der Waals surface area contributed by atoms with Crippen molar-refractivity contribution in [1.82, 2.24) is 0 Å². The molecule has 0 nitrogen and oxygen atoms in total. The van der Waals surface area contributed by atoms with Crippen molar-refractivity contribution in [2.75, 3.05) is 0 Å². The van der Waals surface area contributed by atoms with E-state index in [1.165, 1.54) is 17.7 Å². The zero-order chi connectivity index (χ0) is 13.6. The van der Waals surface area contributed by atoms with Crippen LogP contribution in [0.1, 0.15) is 33.6 Å². The fourth-order valence-electron chi connectivity index (χ4n) is 2.20. The van der Waals surface area contributed by atoms with Crippen molar-refractivity contribution in [3.8, 4) is 12.3 Å². The van der Waals surface area contributed by atoms with Gasteiger partial charge in [-0.1, -0.05) is 75.3 Å². The number of rotatable bonds is 5. The van der Waals surface area contributed by atoms with Gasteiger partial charge in [0.2, 0.25) is 0 Å². The second-order valence-electron chi connectivity index (χ2n) is 6.12. The van der Waals surface area contributed by atoms with E-state index in [4.69, 9.17) is 6.42 Å². The molecule has 1 aromatic carbocycles. The van der Waals surface area contributed by atoms with Crippen molar-refractivity contribution in [2.45, 2.75) is 46.2 Å². The van der Waals surface area contributed by atoms with Gasteiger partial charge in [0.15, 0.2) is 0 Å². The first-order valence-electron chi connectivity index (χ1n) is 6.79. The van der Waals surface area contributed by atoms with E-state index in [2.05, 4.69) is 63.6 Å². The summed E-state index contributed by atoms with van der Waals surface area (Å²) in [5.41, 5.74) is 0.238. The molecule has 1 radical (unpaired) electrons. The Morgan fingerprint density at radius 1 is 1.22 bits per heavy atom. The highest BCUT2D eigenvalue weighted by atomic mass is 28.3. The van der Waals surface area contributed by atoms with Crippen LogP contribution >= 0.6 is 0 Å². The van der Waals surface area contributed by atoms with E-state index in [0.717, 1.165) is 6.42 Å². The molecule has 1 heteroatoms. The van der Waals surface area contributed by atoms with E-state index in [9.17, 15) is 0 Å². The molecule has 0 amide bonds. The summed E-state index contributed by atoms with van der Waals surface area (Å²) in [7, 11) is -0.384. The average molecular weight is 257 g/mol. The highest BCUT2D eigenvalue weighted by Gasteiger charge is 2.22. The topological polar surface area (TPSA) is 0 Å². The van der Waals surface area contributed by atoms with E-state index in [1.54, 1.807) is 0 Å². The highest BCUT2D eigenvalue weighted by Crippen LogP contribution is 2.29. The predicted octanol–water partition coefficient (Wildman–Crippen LogP) is 4.09. The maximum Gasteiger partial charge on any atom is 0.0824 e. The molecular weight excluding hydrogens is 232 g/mol. The van der Waals surface area contributed by atoms with Crippen LogP contribution in [-0.4, -0.2) is 8.80 Å². The smallest absolute Gasteiger partial charge is 0.0824 e. The molecule has 0 spiro atoms. The molecular formula is C17H25Si. The summed E-state index contributed by atoms with van der Waals surface area (Å²) in [5.74, 6) is 3.37.